The van der Waals surface area contributed by atoms with E-state index in [-0.39, 0.29) is 9.76 Å². The maximum absolute atomic E-state index is 5.83. The Kier molecular flexibility index (Phi) is 18.4. The van der Waals surface area contributed by atoms with E-state index < -0.39 is 0 Å². The van der Waals surface area contributed by atoms with Crippen LogP contribution in [0.5, 0.6) is 0 Å². The number of nitrogens with one attached hydrogen (secondary N) is 1. The number of hydrogen-bond donors (Lipinski definition) is 1. The van der Waals surface area contributed by atoms with Crippen LogP contribution >= 0.6 is 0 Å². The van der Waals surface area contributed by atoms with E-state index in [1.54, 1.807) is 0 Å². The first-order valence-corrected chi connectivity index (χ1v) is 11.5. The molecule has 0 spiro atoms. The summed E-state index contributed by atoms with van der Waals surface area (Å²) in [4.78, 5) is 5.07. The average molecular weight is 346 g/mol. The first-order valence-electron chi connectivity index (χ1n) is 9.93. The van der Waals surface area contributed by atoms with E-state index in [0.717, 1.165) is 26.2 Å². The van der Waals surface area contributed by atoms with Crippen molar-refractivity contribution >= 4 is 9.76 Å². The van der Waals surface area contributed by atoms with Crippen LogP contribution in [0.25, 0.3) is 0 Å². The van der Waals surface area contributed by atoms with Crippen LogP contribution in [0.2, 0.25) is 6.04 Å². The predicted molar refractivity (Wildman–Crippen MR) is 106 cm³/mol. The lowest BCUT2D eigenvalue weighted by Crippen LogP contribution is -2.32. The van der Waals surface area contributed by atoms with Crippen LogP contribution in [0.4, 0.5) is 0 Å². The third-order valence-electron chi connectivity index (χ3n) is 4.21. The third kappa shape index (κ3) is 16.7. The average Bonchev–Trinajstić information content (AvgIpc) is 2.56. The molecule has 4 nitrogen and oxygen atoms in total. The monoisotopic (exact) mass is 345 g/mol. The molecule has 0 aromatic carbocycles. The number of nitrogens with zero attached hydrogens (tertiary/aromatic N) is 2. The van der Waals surface area contributed by atoms with Crippen molar-refractivity contribution in [2.75, 3.05) is 59.5 Å². The SMILES string of the molecule is CCCCO[SiH2]CCN(CCCNCCC)CCCN(C)CC. The van der Waals surface area contributed by atoms with Crippen molar-refractivity contribution in [3.8, 4) is 0 Å². The Morgan fingerprint density at radius 1 is 0.870 bits per heavy atom. The van der Waals surface area contributed by atoms with Gasteiger partial charge in [0.05, 0.1) is 0 Å². The molecule has 0 aliphatic heterocycles. The largest absolute Gasteiger partial charge is 0.424 e. The molecule has 0 aliphatic carbocycles. The third-order valence-corrected chi connectivity index (χ3v) is 5.40. The summed E-state index contributed by atoms with van der Waals surface area (Å²) >= 11 is 0. The van der Waals surface area contributed by atoms with Gasteiger partial charge in [-0.25, -0.2) is 0 Å². The second-order valence-electron chi connectivity index (χ2n) is 6.51. The first-order chi connectivity index (χ1) is 11.2. The van der Waals surface area contributed by atoms with Crippen molar-refractivity contribution in [1.82, 2.24) is 15.1 Å². The molecule has 0 unspecified atom stereocenters. The van der Waals surface area contributed by atoms with Crippen molar-refractivity contribution in [3.63, 3.8) is 0 Å². The highest BCUT2D eigenvalue weighted by Crippen LogP contribution is 1.99. The second-order valence-corrected chi connectivity index (χ2v) is 8.04. The zero-order valence-corrected chi connectivity index (χ0v) is 17.8. The number of unbranched alkanes of at least 4 members (excludes halogenated alkanes) is 1. The zero-order valence-electron chi connectivity index (χ0n) is 16.4. The Balaban J connectivity index is 3.81. The molecule has 23 heavy (non-hydrogen) atoms. The van der Waals surface area contributed by atoms with Gasteiger partial charge in [-0.1, -0.05) is 27.2 Å². The fourth-order valence-corrected chi connectivity index (χ4v) is 3.71. The van der Waals surface area contributed by atoms with Gasteiger partial charge in [0.2, 0.25) is 0 Å². The van der Waals surface area contributed by atoms with Gasteiger partial charge < -0.3 is 19.5 Å². The van der Waals surface area contributed by atoms with Crippen LogP contribution in [-0.4, -0.2) is 79.0 Å². The Morgan fingerprint density at radius 2 is 1.65 bits per heavy atom. The summed E-state index contributed by atoms with van der Waals surface area (Å²) in [6, 6.07) is 1.30. The molecule has 140 valence electrons. The van der Waals surface area contributed by atoms with Crippen molar-refractivity contribution in [1.29, 1.82) is 0 Å². The topological polar surface area (TPSA) is 27.7 Å². The molecule has 0 saturated carbocycles. The standard InChI is InChI=1S/C18H43N3OSi/c1-5-8-17-22-23-18-16-21(14-9-12-19-11-6-2)15-10-13-20(4)7-3/h19H,5-18,23H2,1-4H3. The van der Waals surface area contributed by atoms with Gasteiger partial charge >= 0.3 is 0 Å². The minimum absolute atomic E-state index is 0.299. The fraction of sp³-hybridized carbons (Fsp3) is 1.00. The molecule has 0 atom stereocenters. The van der Waals surface area contributed by atoms with Crippen molar-refractivity contribution < 1.29 is 4.43 Å². The summed E-state index contributed by atoms with van der Waals surface area (Å²) in [5.41, 5.74) is 0. The summed E-state index contributed by atoms with van der Waals surface area (Å²) in [6.07, 6.45) is 6.25. The zero-order chi connectivity index (χ0) is 17.2. The molecular formula is C18H43N3OSi. The molecular weight excluding hydrogens is 302 g/mol. The van der Waals surface area contributed by atoms with E-state index in [0.29, 0.717) is 0 Å². The van der Waals surface area contributed by atoms with Gasteiger partial charge in [-0.05, 0) is 84.6 Å². The van der Waals surface area contributed by atoms with Crippen LogP contribution in [0.15, 0.2) is 0 Å². The van der Waals surface area contributed by atoms with Crippen LogP contribution in [0, 0.1) is 0 Å². The molecule has 0 heterocycles. The summed E-state index contributed by atoms with van der Waals surface area (Å²) in [5, 5.41) is 3.51. The van der Waals surface area contributed by atoms with Gasteiger partial charge in [0.25, 0.3) is 0 Å². The van der Waals surface area contributed by atoms with Crippen LogP contribution in [0.1, 0.15) is 52.9 Å². The van der Waals surface area contributed by atoms with E-state index in [9.17, 15) is 0 Å². The highest BCUT2D eigenvalue weighted by atomic mass is 28.2. The van der Waals surface area contributed by atoms with E-state index in [1.165, 1.54) is 64.3 Å². The summed E-state index contributed by atoms with van der Waals surface area (Å²) in [7, 11) is 1.92. The minimum atomic E-state index is -0.299. The molecule has 0 rings (SSSR count). The Labute approximate surface area is 148 Å². The minimum Gasteiger partial charge on any atom is -0.424 e. The van der Waals surface area contributed by atoms with Gasteiger partial charge in [0, 0.05) is 6.61 Å². The molecule has 1 N–H and O–H groups in total. The normalized spacial score (nSPS) is 12.3. The van der Waals surface area contributed by atoms with E-state index in [4.69, 9.17) is 4.43 Å². The molecule has 5 heteroatoms. The Bertz CT molecular complexity index is 232. The Hall–Kier alpha value is 0.0569. The van der Waals surface area contributed by atoms with Crippen LogP contribution in [-0.2, 0) is 4.43 Å². The van der Waals surface area contributed by atoms with Crippen molar-refractivity contribution in [3.05, 3.63) is 0 Å². The number of hydrogen-bond acceptors (Lipinski definition) is 4. The van der Waals surface area contributed by atoms with Crippen molar-refractivity contribution in [2.45, 2.75) is 58.9 Å². The first kappa shape index (κ1) is 23.1. The summed E-state index contributed by atoms with van der Waals surface area (Å²) in [5.74, 6) is 0. The molecule has 0 saturated heterocycles. The van der Waals surface area contributed by atoms with Crippen LogP contribution < -0.4 is 5.32 Å². The lowest BCUT2D eigenvalue weighted by atomic mass is 10.3. The van der Waals surface area contributed by atoms with Gasteiger partial charge in [0.1, 0.15) is 0 Å². The maximum Gasteiger partial charge on any atom is 0.162 e. The molecule has 0 fully saturated rings. The molecule has 0 amide bonds. The van der Waals surface area contributed by atoms with Crippen molar-refractivity contribution in [2.24, 2.45) is 0 Å². The van der Waals surface area contributed by atoms with Gasteiger partial charge in [-0.15, -0.1) is 0 Å². The molecule has 0 bridgehead atoms. The fourth-order valence-electron chi connectivity index (χ4n) is 2.53. The smallest absolute Gasteiger partial charge is 0.162 e. The van der Waals surface area contributed by atoms with Gasteiger partial charge in [-0.2, -0.15) is 0 Å². The molecule has 0 radical (unpaired) electrons. The van der Waals surface area contributed by atoms with Crippen LogP contribution in [0.3, 0.4) is 0 Å². The molecule has 0 aromatic rings. The Morgan fingerprint density at radius 3 is 2.35 bits per heavy atom. The summed E-state index contributed by atoms with van der Waals surface area (Å²) in [6.45, 7) is 16.1. The number of rotatable bonds is 18. The quantitative estimate of drug-likeness (QED) is 0.305. The molecule has 0 aromatic heterocycles. The lowest BCUT2D eigenvalue weighted by Gasteiger charge is -2.23. The van der Waals surface area contributed by atoms with Gasteiger partial charge in [-0.3, -0.25) is 0 Å². The molecule has 0 aliphatic rings. The lowest BCUT2D eigenvalue weighted by molar-refractivity contribution is 0.250. The predicted octanol–water partition coefficient (Wildman–Crippen LogP) is 2.34. The van der Waals surface area contributed by atoms with Gasteiger partial charge in [0.15, 0.2) is 9.76 Å². The second kappa shape index (κ2) is 18.4. The van der Waals surface area contributed by atoms with E-state index >= 15 is 0 Å². The highest BCUT2D eigenvalue weighted by Gasteiger charge is 2.05. The van der Waals surface area contributed by atoms with E-state index in [1.807, 2.05) is 0 Å². The van der Waals surface area contributed by atoms with E-state index in [2.05, 4.69) is 42.9 Å². The highest BCUT2D eigenvalue weighted by molar-refractivity contribution is 6.27. The summed E-state index contributed by atoms with van der Waals surface area (Å²) < 4.78 is 5.83. The maximum atomic E-state index is 5.83.